The highest BCUT2D eigenvalue weighted by Gasteiger charge is 2.14. The predicted octanol–water partition coefficient (Wildman–Crippen LogP) is 2.52. The molecule has 0 aliphatic heterocycles. The Balaban J connectivity index is 2.16. The molecule has 7 nitrogen and oxygen atoms in total. The number of nitro groups is 1. The number of para-hydroxylation sites is 1. The lowest BCUT2D eigenvalue weighted by atomic mass is 10.0. The van der Waals surface area contributed by atoms with Crippen molar-refractivity contribution in [2.75, 3.05) is 5.32 Å². The van der Waals surface area contributed by atoms with Crippen LogP contribution in [0.5, 0.6) is 0 Å². The van der Waals surface area contributed by atoms with E-state index in [1.54, 1.807) is 6.07 Å². The van der Waals surface area contributed by atoms with Crippen molar-refractivity contribution in [3.63, 3.8) is 0 Å². The van der Waals surface area contributed by atoms with Crippen LogP contribution in [0.25, 0.3) is 0 Å². The van der Waals surface area contributed by atoms with E-state index in [-0.39, 0.29) is 18.4 Å². The average molecular weight is 315 g/mol. The van der Waals surface area contributed by atoms with E-state index >= 15 is 0 Å². The number of anilines is 1. The molecule has 0 spiro atoms. The molecule has 0 atom stereocenters. The second kappa shape index (κ2) is 6.87. The van der Waals surface area contributed by atoms with Gasteiger partial charge in [-0.25, -0.2) is 0 Å². The molecule has 23 heavy (non-hydrogen) atoms. The molecule has 0 fully saturated rings. The third-order valence-electron chi connectivity index (χ3n) is 3.34. The van der Waals surface area contributed by atoms with Gasteiger partial charge in [0.25, 0.3) is 5.43 Å². The fourth-order valence-corrected chi connectivity index (χ4v) is 2.22. The zero-order valence-corrected chi connectivity index (χ0v) is 12.9. The molecule has 1 amide bonds. The molecule has 1 heterocycles. The Bertz CT molecular complexity index is 796. The van der Waals surface area contributed by atoms with Crippen molar-refractivity contribution in [2.45, 2.75) is 26.3 Å². The van der Waals surface area contributed by atoms with Crippen LogP contribution >= 0.6 is 0 Å². The summed E-state index contributed by atoms with van der Waals surface area (Å²) >= 11 is 0. The van der Waals surface area contributed by atoms with Crippen LogP contribution in [-0.4, -0.2) is 15.4 Å². The summed E-state index contributed by atoms with van der Waals surface area (Å²) in [6.07, 6.45) is 2.42. The van der Waals surface area contributed by atoms with Gasteiger partial charge in [0.1, 0.15) is 6.54 Å². The zero-order chi connectivity index (χ0) is 17.0. The highest BCUT2D eigenvalue weighted by Crippen LogP contribution is 2.23. The van der Waals surface area contributed by atoms with Gasteiger partial charge < -0.3 is 9.88 Å². The van der Waals surface area contributed by atoms with Gasteiger partial charge in [-0.15, -0.1) is 0 Å². The Morgan fingerprint density at radius 3 is 2.65 bits per heavy atom. The standard InChI is InChI=1S/C16H17N3O4/c1-11(2)12-5-3-4-6-13(12)17-16(21)10-18-8-7-15(20)14(9-18)19(22)23/h3-9,11H,10H2,1-2H3,(H,17,21). The number of carbonyl (C=O) groups excluding carboxylic acids is 1. The first-order chi connectivity index (χ1) is 10.9. The van der Waals surface area contributed by atoms with Crippen LogP contribution in [0.3, 0.4) is 0 Å². The molecule has 1 aromatic heterocycles. The Morgan fingerprint density at radius 2 is 2.00 bits per heavy atom. The summed E-state index contributed by atoms with van der Waals surface area (Å²) in [5, 5.41) is 13.6. The summed E-state index contributed by atoms with van der Waals surface area (Å²) in [5.41, 5.74) is 0.481. The van der Waals surface area contributed by atoms with E-state index in [1.807, 2.05) is 32.0 Å². The van der Waals surface area contributed by atoms with E-state index in [2.05, 4.69) is 5.32 Å². The van der Waals surface area contributed by atoms with Gasteiger partial charge in [0.15, 0.2) is 0 Å². The average Bonchev–Trinajstić information content (AvgIpc) is 2.49. The van der Waals surface area contributed by atoms with Crippen LogP contribution < -0.4 is 10.7 Å². The summed E-state index contributed by atoms with van der Waals surface area (Å²) in [4.78, 5) is 33.5. The molecular formula is C16H17N3O4. The van der Waals surface area contributed by atoms with Gasteiger partial charge in [-0.3, -0.25) is 19.7 Å². The lowest BCUT2D eigenvalue weighted by Gasteiger charge is -2.14. The Labute approximate surface area is 132 Å². The number of nitrogens with zero attached hydrogens (tertiary/aromatic N) is 2. The predicted molar refractivity (Wildman–Crippen MR) is 86.5 cm³/mol. The molecule has 2 rings (SSSR count). The number of aromatic nitrogens is 1. The number of hydrogen-bond donors (Lipinski definition) is 1. The van der Waals surface area contributed by atoms with Crippen molar-refractivity contribution in [3.05, 3.63) is 68.6 Å². The van der Waals surface area contributed by atoms with Gasteiger partial charge in [-0.05, 0) is 17.5 Å². The summed E-state index contributed by atoms with van der Waals surface area (Å²) in [6.45, 7) is 3.93. The molecule has 1 aromatic carbocycles. The number of rotatable bonds is 5. The van der Waals surface area contributed by atoms with E-state index in [1.165, 1.54) is 10.8 Å². The van der Waals surface area contributed by atoms with Crippen LogP contribution in [0.15, 0.2) is 47.5 Å². The molecule has 7 heteroatoms. The molecule has 2 aromatic rings. The SMILES string of the molecule is CC(C)c1ccccc1NC(=O)Cn1ccc(=O)c([N+](=O)[O-])c1. The Kier molecular flexibility index (Phi) is 4.90. The van der Waals surface area contributed by atoms with Gasteiger partial charge >= 0.3 is 5.69 Å². The first-order valence-electron chi connectivity index (χ1n) is 7.11. The van der Waals surface area contributed by atoms with Gasteiger partial charge in [0.2, 0.25) is 5.91 Å². The largest absolute Gasteiger partial charge is 0.339 e. The van der Waals surface area contributed by atoms with E-state index in [9.17, 15) is 19.7 Å². The molecule has 0 aliphatic rings. The fraction of sp³-hybridized carbons (Fsp3) is 0.250. The van der Waals surface area contributed by atoms with Crippen molar-refractivity contribution in [1.82, 2.24) is 4.57 Å². The number of amides is 1. The minimum absolute atomic E-state index is 0.118. The molecule has 0 saturated carbocycles. The molecule has 0 saturated heterocycles. The second-order valence-electron chi connectivity index (χ2n) is 5.41. The molecule has 0 bridgehead atoms. The normalized spacial score (nSPS) is 10.6. The number of benzene rings is 1. The Morgan fingerprint density at radius 1 is 1.30 bits per heavy atom. The van der Waals surface area contributed by atoms with Gasteiger partial charge in [-0.2, -0.15) is 0 Å². The molecule has 0 radical (unpaired) electrons. The van der Waals surface area contributed by atoms with Crippen LogP contribution in [0, 0.1) is 10.1 Å². The smallest absolute Gasteiger partial charge is 0.332 e. The lowest BCUT2D eigenvalue weighted by Crippen LogP contribution is -2.21. The van der Waals surface area contributed by atoms with Crippen molar-refractivity contribution in [2.24, 2.45) is 0 Å². The maximum atomic E-state index is 12.1. The van der Waals surface area contributed by atoms with E-state index in [0.29, 0.717) is 5.69 Å². The molecule has 120 valence electrons. The highest BCUT2D eigenvalue weighted by molar-refractivity contribution is 5.91. The third-order valence-corrected chi connectivity index (χ3v) is 3.34. The van der Waals surface area contributed by atoms with Crippen molar-refractivity contribution < 1.29 is 9.72 Å². The van der Waals surface area contributed by atoms with Gasteiger partial charge in [0.05, 0.1) is 11.1 Å². The third kappa shape index (κ3) is 4.03. The first-order valence-corrected chi connectivity index (χ1v) is 7.11. The summed E-state index contributed by atoms with van der Waals surface area (Å²) in [7, 11) is 0. The number of carbonyl (C=O) groups is 1. The van der Waals surface area contributed by atoms with Crippen molar-refractivity contribution in [3.8, 4) is 0 Å². The van der Waals surface area contributed by atoms with Gasteiger partial charge in [-0.1, -0.05) is 32.0 Å². The monoisotopic (exact) mass is 315 g/mol. The maximum absolute atomic E-state index is 12.1. The van der Waals surface area contributed by atoms with Crippen LogP contribution in [0.1, 0.15) is 25.3 Å². The van der Waals surface area contributed by atoms with Crippen LogP contribution in [-0.2, 0) is 11.3 Å². The fourth-order valence-electron chi connectivity index (χ4n) is 2.22. The van der Waals surface area contributed by atoms with Crippen molar-refractivity contribution >= 4 is 17.3 Å². The molecule has 0 unspecified atom stereocenters. The maximum Gasteiger partial charge on any atom is 0.332 e. The van der Waals surface area contributed by atoms with E-state index in [4.69, 9.17) is 0 Å². The van der Waals surface area contributed by atoms with Crippen molar-refractivity contribution in [1.29, 1.82) is 0 Å². The number of pyridine rings is 1. The van der Waals surface area contributed by atoms with Crippen LogP contribution in [0.4, 0.5) is 11.4 Å². The minimum atomic E-state index is -0.759. The molecule has 0 aliphatic carbocycles. The molecular weight excluding hydrogens is 298 g/mol. The highest BCUT2D eigenvalue weighted by atomic mass is 16.6. The van der Waals surface area contributed by atoms with E-state index in [0.717, 1.165) is 17.8 Å². The summed E-state index contributed by atoms with van der Waals surface area (Å²) in [5.74, 6) is -0.0731. The summed E-state index contributed by atoms with van der Waals surface area (Å²) in [6, 6.07) is 8.54. The zero-order valence-electron chi connectivity index (χ0n) is 12.9. The quantitative estimate of drug-likeness (QED) is 0.677. The minimum Gasteiger partial charge on any atom is -0.339 e. The lowest BCUT2D eigenvalue weighted by molar-refractivity contribution is -0.386. The summed E-state index contributed by atoms with van der Waals surface area (Å²) < 4.78 is 1.31. The van der Waals surface area contributed by atoms with Gasteiger partial charge in [0, 0.05) is 18.0 Å². The number of hydrogen-bond acceptors (Lipinski definition) is 4. The number of nitrogens with one attached hydrogen (secondary N) is 1. The Hall–Kier alpha value is -2.96. The second-order valence-corrected chi connectivity index (χ2v) is 5.41. The first kappa shape index (κ1) is 16.4. The van der Waals surface area contributed by atoms with E-state index < -0.39 is 16.0 Å². The van der Waals surface area contributed by atoms with Crippen LogP contribution in [0.2, 0.25) is 0 Å². The topological polar surface area (TPSA) is 94.2 Å². The molecule has 1 N–H and O–H groups in total.